The summed E-state index contributed by atoms with van der Waals surface area (Å²) in [4.78, 5) is 12.5. The highest BCUT2D eigenvalue weighted by molar-refractivity contribution is 7.99. The van der Waals surface area contributed by atoms with Gasteiger partial charge in [0, 0.05) is 28.3 Å². The van der Waals surface area contributed by atoms with Gasteiger partial charge in [-0.25, -0.2) is 4.79 Å². The fourth-order valence-corrected chi connectivity index (χ4v) is 3.63. The van der Waals surface area contributed by atoms with Crippen LogP contribution in [-0.4, -0.2) is 23.4 Å². The standard InChI is InChI=1S/C16H15NO3S/c17-11-5-6-13(16(18)19)14(7-11)20-8-10-9-21-15-4-2-1-3-12(10)15/h1-7,10H,8-9,17H2,(H,18,19). The summed E-state index contributed by atoms with van der Waals surface area (Å²) in [5.41, 5.74) is 7.62. The Morgan fingerprint density at radius 2 is 2.14 bits per heavy atom. The highest BCUT2D eigenvalue weighted by atomic mass is 32.2. The van der Waals surface area contributed by atoms with Crippen molar-refractivity contribution in [3.05, 3.63) is 53.6 Å². The molecule has 1 heterocycles. The molecule has 0 radical (unpaired) electrons. The largest absolute Gasteiger partial charge is 0.492 e. The molecule has 0 bridgehead atoms. The lowest BCUT2D eigenvalue weighted by Crippen LogP contribution is -2.12. The van der Waals surface area contributed by atoms with Crippen LogP contribution < -0.4 is 10.5 Å². The van der Waals surface area contributed by atoms with E-state index in [0.29, 0.717) is 18.0 Å². The molecule has 2 aromatic rings. The molecule has 1 unspecified atom stereocenters. The summed E-state index contributed by atoms with van der Waals surface area (Å²) in [6, 6.07) is 12.8. The zero-order valence-electron chi connectivity index (χ0n) is 11.3. The van der Waals surface area contributed by atoms with Gasteiger partial charge in [-0.3, -0.25) is 0 Å². The number of anilines is 1. The Labute approximate surface area is 126 Å². The summed E-state index contributed by atoms with van der Waals surface area (Å²) in [6.07, 6.45) is 0. The van der Waals surface area contributed by atoms with E-state index >= 15 is 0 Å². The molecule has 0 amide bonds. The van der Waals surface area contributed by atoms with E-state index in [1.54, 1.807) is 23.9 Å². The molecule has 108 valence electrons. The van der Waals surface area contributed by atoms with Gasteiger partial charge in [0.2, 0.25) is 0 Å². The van der Waals surface area contributed by atoms with Crippen molar-refractivity contribution in [3.8, 4) is 5.75 Å². The third kappa shape index (κ3) is 2.83. The zero-order valence-corrected chi connectivity index (χ0v) is 12.1. The normalized spacial score (nSPS) is 16.5. The van der Waals surface area contributed by atoms with Crippen molar-refractivity contribution in [2.75, 3.05) is 18.1 Å². The van der Waals surface area contributed by atoms with E-state index in [9.17, 15) is 9.90 Å². The van der Waals surface area contributed by atoms with Gasteiger partial charge in [0.15, 0.2) is 0 Å². The van der Waals surface area contributed by atoms with E-state index in [1.165, 1.54) is 16.5 Å². The fourth-order valence-electron chi connectivity index (χ4n) is 2.39. The molecule has 4 nitrogen and oxygen atoms in total. The van der Waals surface area contributed by atoms with Crippen LogP contribution in [0.4, 0.5) is 5.69 Å². The monoisotopic (exact) mass is 301 g/mol. The average molecular weight is 301 g/mol. The zero-order chi connectivity index (χ0) is 14.8. The molecular formula is C16H15NO3S. The first-order chi connectivity index (χ1) is 10.1. The van der Waals surface area contributed by atoms with E-state index in [2.05, 4.69) is 12.1 Å². The quantitative estimate of drug-likeness (QED) is 0.848. The Morgan fingerprint density at radius 3 is 2.95 bits per heavy atom. The number of fused-ring (bicyclic) bond motifs is 1. The van der Waals surface area contributed by atoms with Gasteiger partial charge in [0.1, 0.15) is 11.3 Å². The van der Waals surface area contributed by atoms with Gasteiger partial charge in [-0.05, 0) is 23.8 Å². The molecule has 21 heavy (non-hydrogen) atoms. The number of ether oxygens (including phenoxy) is 1. The summed E-state index contributed by atoms with van der Waals surface area (Å²) >= 11 is 1.80. The summed E-state index contributed by atoms with van der Waals surface area (Å²) < 4.78 is 5.75. The maximum atomic E-state index is 11.2. The predicted octanol–water partition coefficient (Wildman–Crippen LogP) is 3.24. The first kappa shape index (κ1) is 13.8. The van der Waals surface area contributed by atoms with Crippen molar-refractivity contribution in [3.63, 3.8) is 0 Å². The number of nitrogen functional groups attached to an aromatic ring is 1. The molecular weight excluding hydrogens is 286 g/mol. The molecule has 0 saturated heterocycles. The van der Waals surface area contributed by atoms with Gasteiger partial charge >= 0.3 is 5.97 Å². The summed E-state index contributed by atoms with van der Waals surface area (Å²) in [5.74, 6) is 0.543. The third-order valence-electron chi connectivity index (χ3n) is 3.47. The second-order valence-electron chi connectivity index (χ2n) is 4.92. The van der Waals surface area contributed by atoms with E-state index in [1.807, 2.05) is 12.1 Å². The molecule has 0 saturated carbocycles. The van der Waals surface area contributed by atoms with Crippen LogP contribution in [0, 0.1) is 0 Å². The van der Waals surface area contributed by atoms with Gasteiger partial charge in [0.05, 0.1) is 6.61 Å². The van der Waals surface area contributed by atoms with Crippen molar-refractivity contribution in [1.29, 1.82) is 0 Å². The second kappa shape index (κ2) is 5.69. The first-order valence-corrected chi connectivity index (χ1v) is 7.61. The van der Waals surface area contributed by atoms with E-state index < -0.39 is 5.97 Å². The van der Waals surface area contributed by atoms with E-state index in [0.717, 1.165) is 5.75 Å². The number of hydrogen-bond donors (Lipinski definition) is 2. The van der Waals surface area contributed by atoms with Crippen molar-refractivity contribution in [1.82, 2.24) is 0 Å². The number of aromatic carboxylic acids is 1. The summed E-state index contributed by atoms with van der Waals surface area (Å²) in [7, 11) is 0. The Hall–Kier alpha value is -2.14. The predicted molar refractivity (Wildman–Crippen MR) is 83.2 cm³/mol. The summed E-state index contributed by atoms with van der Waals surface area (Å²) in [5, 5.41) is 9.18. The average Bonchev–Trinajstić information content (AvgIpc) is 2.88. The fraction of sp³-hybridized carbons (Fsp3) is 0.188. The lowest BCUT2D eigenvalue weighted by atomic mass is 10.0. The number of benzene rings is 2. The molecule has 0 fully saturated rings. The third-order valence-corrected chi connectivity index (χ3v) is 4.73. The highest BCUT2D eigenvalue weighted by Crippen LogP contribution is 2.39. The molecule has 1 atom stereocenters. The van der Waals surface area contributed by atoms with Crippen LogP contribution >= 0.6 is 11.8 Å². The Balaban J connectivity index is 1.77. The highest BCUT2D eigenvalue weighted by Gasteiger charge is 2.24. The Morgan fingerprint density at radius 1 is 1.33 bits per heavy atom. The smallest absolute Gasteiger partial charge is 0.339 e. The molecule has 1 aliphatic heterocycles. The molecule has 5 heteroatoms. The minimum Gasteiger partial charge on any atom is -0.492 e. The number of carboxylic acids is 1. The molecule has 2 aromatic carbocycles. The Bertz CT molecular complexity index is 687. The molecule has 3 rings (SSSR count). The van der Waals surface area contributed by atoms with Crippen molar-refractivity contribution in [2.45, 2.75) is 10.8 Å². The molecule has 0 spiro atoms. The van der Waals surface area contributed by atoms with Crippen molar-refractivity contribution in [2.24, 2.45) is 0 Å². The first-order valence-electron chi connectivity index (χ1n) is 6.62. The number of carboxylic acid groups (broad SMARTS) is 1. The van der Waals surface area contributed by atoms with E-state index in [4.69, 9.17) is 10.5 Å². The van der Waals surface area contributed by atoms with Crippen LogP contribution in [0.3, 0.4) is 0 Å². The van der Waals surface area contributed by atoms with Gasteiger partial charge in [-0.15, -0.1) is 11.8 Å². The number of thioether (sulfide) groups is 1. The lowest BCUT2D eigenvalue weighted by Gasteiger charge is -2.14. The number of hydrogen-bond acceptors (Lipinski definition) is 4. The Kier molecular flexibility index (Phi) is 3.75. The van der Waals surface area contributed by atoms with Gasteiger partial charge in [-0.1, -0.05) is 18.2 Å². The number of rotatable bonds is 4. The van der Waals surface area contributed by atoms with Gasteiger partial charge < -0.3 is 15.6 Å². The SMILES string of the molecule is Nc1ccc(C(=O)O)c(OCC2CSc3ccccc32)c1. The summed E-state index contributed by atoms with van der Waals surface area (Å²) in [6.45, 7) is 0.452. The molecule has 0 aromatic heterocycles. The van der Waals surface area contributed by atoms with Crippen LogP contribution in [0.15, 0.2) is 47.4 Å². The van der Waals surface area contributed by atoms with Crippen LogP contribution in [0.25, 0.3) is 0 Å². The minimum absolute atomic E-state index is 0.142. The number of carbonyl (C=O) groups is 1. The van der Waals surface area contributed by atoms with E-state index in [-0.39, 0.29) is 11.5 Å². The molecule has 0 aliphatic carbocycles. The van der Waals surface area contributed by atoms with Crippen LogP contribution in [-0.2, 0) is 0 Å². The van der Waals surface area contributed by atoms with Crippen molar-refractivity contribution >= 4 is 23.4 Å². The maximum absolute atomic E-state index is 11.2. The molecule has 1 aliphatic rings. The maximum Gasteiger partial charge on any atom is 0.339 e. The lowest BCUT2D eigenvalue weighted by molar-refractivity contribution is 0.0692. The van der Waals surface area contributed by atoms with Crippen LogP contribution in [0.1, 0.15) is 21.8 Å². The number of nitrogens with two attached hydrogens (primary N) is 1. The van der Waals surface area contributed by atoms with Crippen molar-refractivity contribution < 1.29 is 14.6 Å². The van der Waals surface area contributed by atoms with Crippen LogP contribution in [0.5, 0.6) is 5.75 Å². The second-order valence-corrected chi connectivity index (χ2v) is 5.98. The van der Waals surface area contributed by atoms with Crippen LogP contribution in [0.2, 0.25) is 0 Å². The van der Waals surface area contributed by atoms with Gasteiger partial charge in [-0.2, -0.15) is 0 Å². The van der Waals surface area contributed by atoms with Gasteiger partial charge in [0.25, 0.3) is 0 Å². The topological polar surface area (TPSA) is 72.6 Å². The minimum atomic E-state index is -1.01. The molecule has 3 N–H and O–H groups in total.